The van der Waals surface area contributed by atoms with Crippen LogP contribution in [0, 0.1) is 0 Å². The van der Waals surface area contributed by atoms with Crippen molar-refractivity contribution in [3.8, 4) is 11.3 Å². The van der Waals surface area contributed by atoms with Gasteiger partial charge < -0.3 is 0 Å². The Bertz CT molecular complexity index is 1030. The van der Waals surface area contributed by atoms with Gasteiger partial charge in [-0.1, -0.05) is 63.7 Å². The lowest BCUT2D eigenvalue weighted by atomic mass is 9.66. The van der Waals surface area contributed by atoms with E-state index in [1.807, 2.05) is 0 Å². The Morgan fingerprint density at radius 3 is 2.58 bits per heavy atom. The third-order valence-corrected chi connectivity index (χ3v) is 6.25. The van der Waals surface area contributed by atoms with Crippen LogP contribution in [0.2, 0.25) is 0 Å². The zero-order valence-corrected chi connectivity index (χ0v) is 14.5. The molecule has 1 aliphatic carbocycles. The van der Waals surface area contributed by atoms with Crippen LogP contribution < -0.4 is 4.57 Å². The molecule has 0 bridgehead atoms. The smallest absolute Gasteiger partial charge is 0.191 e. The minimum Gasteiger partial charge on any atom is -0.191 e. The average molecular weight is 312 g/mol. The molecule has 0 saturated carbocycles. The minimum atomic E-state index is 0.0256. The fourth-order valence-electron chi connectivity index (χ4n) is 4.98. The van der Waals surface area contributed by atoms with Gasteiger partial charge in [0.15, 0.2) is 12.2 Å². The van der Waals surface area contributed by atoms with E-state index in [2.05, 4.69) is 86.7 Å². The summed E-state index contributed by atoms with van der Waals surface area (Å²) in [5.74, 6) is 0.438. The van der Waals surface area contributed by atoms with E-state index in [-0.39, 0.29) is 5.41 Å². The van der Waals surface area contributed by atoms with E-state index in [4.69, 9.17) is 0 Å². The Balaban J connectivity index is 2.09. The van der Waals surface area contributed by atoms with E-state index < -0.39 is 0 Å². The van der Waals surface area contributed by atoms with Crippen LogP contribution >= 0.6 is 0 Å². The number of benzene rings is 2. The largest absolute Gasteiger partial charge is 0.221 e. The summed E-state index contributed by atoms with van der Waals surface area (Å²) in [4.78, 5) is 0. The van der Waals surface area contributed by atoms with Crippen LogP contribution in [0.3, 0.4) is 0 Å². The van der Waals surface area contributed by atoms with Gasteiger partial charge in [-0.3, -0.25) is 0 Å². The Hall–Kier alpha value is -2.41. The van der Waals surface area contributed by atoms with Crippen LogP contribution in [0.15, 0.2) is 61.3 Å². The van der Waals surface area contributed by atoms with E-state index in [0.717, 1.165) is 0 Å². The van der Waals surface area contributed by atoms with Gasteiger partial charge >= 0.3 is 0 Å². The highest BCUT2D eigenvalue weighted by molar-refractivity contribution is 6.01. The third kappa shape index (κ3) is 1.44. The van der Waals surface area contributed by atoms with Gasteiger partial charge in [0.25, 0.3) is 0 Å². The van der Waals surface area contributed by atoms with E-state index in [0.29, 0.717) is 12.0 Å². The molecule has 0 fully saturated rings. The molecule has 2 atom stereocenters. The van der Waals surface area contributed by atoms with Gasteiger partial charge in [-0.2, -0.15) is 4.57 Å². The summed E-state index contributed by atoms with van der Waals surface area (Å²) >= 11 is 0. The number of rotatable bonds is 1. The Kier molecular flexibility index (Phi) is 2.54. The second-order valence-corrected chi connectivity index (χ2v) is 7.75. The molecule has 0 spiro atoms. The molecule has 118 valence electrons. The first-order chi connectivity index (χ1) is 11.6. The molecule has 2 unspecified atom stereocenters. The van der Waals surface area contributed by atoms with E-state index in [1.165, 1.54) is 38.7 Å². The Labute approximate surface area is 143 Å². The van der Waals surface area contributed by atoms with Gasteiger partial charge in [-0.25, -0.2) is 0 Å². The maximum Gasteiger partial charge on any atom is 0.221 e. The fourth-order valence-corrected chi connectivity index (χ4v) is 4.98. The number of allylic oxidation sites excluding steroid dienone is 1. The summed E-state index contributed by atoms with van der Waals surface area (Å²) < 4.78 is 2.45. The van der Waals surface area contributed by atoms with E-state index >= 15 is 0 Å². The van der Waals surface area contributed by atoms with Crippen LogP contribution in [0.5, 0.6) is 0 Å². The van der Waals surface area contributed by atoms with Gasteiger partial charge in [0, 0.05) is 17.4 Å². The van der Waals surface area contributed by atoms with Crippen molar-refractivity contribution in [3.63, 3.8) is 0 Å². The number of hydrogen-bond donors (Lipinski definition) is 0. The Morgan fingerprint density at radius 2 is 1.79 bits per heavy atom. The predicted octanol–water partition coefficient (Wildman–Crippen LogP) is 5.28. The second kappa shape index (κ2) is 4.36. The molecule has 1 nitrogen and oxygen atoms in total. The summed E-state index contributed by atoms with van der Waals surface area (Å²) in [6.07, 6.45) is 4.35. The monoisotopic (exact) mass is 312 g/mol. The van der Waals surface area contributed by atoms with Crippen LogP contribution in [-0.4, -0.2) is 0 Å². The molecule has 0 saturated heterocycles. The molecular formula is C23H22N+. The highest BCUT2D eigenvalue weighted by atomic mass is 15.0. The van der Waals surface area contributed by atoms with Crippen LogP contribution in [0.25, 0.3) is 22.0 Å². The number of pyridine rings is 1. The zero-order valence-electron chi connectivity index (χ0n) is 14.5. The molecule has 1 aromatic heterocycles. The van der Waals surface area contributed by atoms with Crippen molar-refractivity contribution in [1.29, 1.82) is 0 Å². The minimum absolute atomic E-state index is 0.0256. The molecule has 1 aliphatic heterocycles. The van der Waals surface area contributed by atoms with Crippen molar-refractivity contribution in [2.24, 2.45) is 0 Å². The highest BCUT2D eigenvalue weighted by Gasteiger charge is 2.45. The first-order valence-corrected chi connectivity index (χ1v) is 8.79. The van der Waals surface area contributed by atoms with Crippen molar-refractivity contribution >= 4 is 10.8 Å². The lowest BCUT2D eigenvalue weighted by Crippen LogP contribution is -2.47. The molecule has 24 heavy (non-hydrogen) atoms. The normalized spacial score (nSPS) is 22.5. The third-order valence-electron chi connectivity index (χ3n) is 6.25. The van der Waals surface area contributed by atoms with Crippen molar-refractivity contribution in [3.05, 3.63) is 78.0 Å². The number of hydrogen-bond acceptors (Lipinski definition) is 0. The quantitative estimate of drug-likeness (QED) is 0.425. The van der Waals surface area contributed by atoms with Crippen molar-refractivity contribution in [2.45, 2.75) is 38.1 Å². The molecule has 2 aromatic carbocycles. The molecule has 0 radical (unpaired) electrons. The van der Waals surface area contributed by atoms with Gasteiger partial charge in [0.05, 0.1) is 10.9 Å². The standard InChI is InChI=1S/C23H22N/c1-5-19-14(2)16-9-7-11-18-21(16)22-20-15(12-13-24(19)22)8-6-10-17(20)23(18,3)4/h5-14,19H,1H2,2-4H3/q+1. The molecule has 3 aromatic rings. The van der Waals surface area contributed by atoms with Gasteiger partial charge in [0.2, 0.25) is 5.69 Å². The summed E-state index contributed by atoms with van der Waals surface area (Å²) in [5, 5.41) is 2.76. The first-order valence-electron chi connectivity index (χ1n) is 8.79. The van der Waals surface area contributed by atoms with Gasteiger partial charge in [-0.05, 0) is 28.2 Å². The molecule has 2 aliphatic rings. The summed E-state index contributed by atoms with van der Waals surface area (Å²) in [6, 6.07) is 16.2. The summed E-state index contributed by atoms with van der Waals surface area (Å²) in [5.41, 5.74) is 7.22. The van der Waals surface area contributed by atoms with E-state index in [1.54, 1.807) is 0 Å². The van der Waals surface area contributed by atoms with Gasteiger partial charge in [-0.15, -0.1) is 0 Å². The lowest BCUT2D eigenvalue weighted by molar-refractivity contribution is -0.705. The van der Waals surface area contributed by atoms with Crippen LogP contribution in [0.1, 0.15) is 49.4 Å². The number of aromatic nitrogens is 1. The topological polar surface area (TPSA) is 3.88 Å². The van der Waals surface area contributed by atoms with Crippen molar-refractivity contribution in [2.75, 3.05) is 0 Å². The average Bonchev–Trinajstić information content (AvgIpc) is 2.59. The molecule has 0 N–H and O–H groups in total. The van der Waals surface area contributed by atoms with E-state index in [9.17, 15) is 0 Å². The molecule has 1 heteroatoms. The zero-order chi connectivity index (χ0) is 16.6. The first kappa shape index (κ1) is 14.0. The van der Waals surface area contributed by atoms with Crippen LogP contribution in [-0.2, 0) is 5.41 Å². The number of nitrogens with zero attached hydrogens (tertiary/aromatic N) is 1. The fraction of sp³-hybridized carbons (Fsp3) is 0.261. The summed E-state index contributed by atoms with van der Waals surface area (Å²) in [6.45, 7) is 11.2. The maximum absolute atomic E-state index is 4.13. The highest BCUT2D eigenvalue weighted by Crippen LogP contribution is 2.52. The van der Waals surface area contributed by atoms with Crippen molar-refractivity contribution < 1.29 is 4.57 Å². The van der Waals surface area contributed by atoms with Gasteiger partial charge in [0.1, 0.15) is 0 Å². The lowest BCUT2D eigenvalue weighted by Gasteiger charge is -2.38. The second-order valence-electron chi connectivity index (χ2n) is 7.75. The Morgan fingerprint density at radius 1 is 1.04 bits per heavy atom. The molecule has 2 heterocycles. The van der Waals surface area contributed by atoms with Crippen molar-refractivity contribution in [1.82, 2.24) is 0 Å². The molecule has 0 amide bonds. The molecule has 5 rings (SSSR count). The maximum atomic E-state index is 4.13. The van der Waals surface area contributed by atoms with Crippen LogP contribution in [0.4, 0.5) is 0 Å². The predicted molar refractivity (Wildman–Crippen MR) is 99.4 cm³/mol. The SMILES string of the molecule is C=CC1C(C)c2cccc3c2-c2c4c(cccc4cc[n+]21)C3(C)C. The molecular weight excluding hydrogens is 290 g/mol. The summed E-state index contributed by atoms with van der Waals surface area (Å²) in [7, 11) is 0.